The van der Waals surface area contributed by atoms with Crippen LogP contribution in [0.3, 0.4) is 0 Å². The largest absolute Gasteiger partial charge is 0.399 e. The molecule has 0 aliphatic carbocycles. The third-order valence-corrected chi connectivity index (χ3v) is 3.15. The van der Waals surface area contributed by atoms with Crippen LogP contribution in [0.15, 0.2) is 36.4 Å². The van der Waals surface area contributed by atoms with Crippen LogP contribution in [0.1, 0.15) is 11.1 Å². The summed E-state index contributed by atoms with van der Waals surface area (Å²) in [5, 5.41) is 3.15. The summed E-state index contributed by atoms with van der Waals surface area (Å²) in [6, 6.07) is 9.12. The number of amides is 1. The zero-order chi connectivity index (χ0) is 14.7. The third kappa shape index (κ3) is 3.48. The molecule has 0 fully saturated rings. The Morgan fingerprint density at radius 1 is 1.30 bits per heavy atom. The molecule has 5 heteroatoms. The predicted molar refractivity (Wildman–Crippen MR) is 79.3 cm³/mol. The first-order valence-electron chi connectivity index (χ1n) is 6.05. The number of hydrogen-bond donors (Lipinski definition) is 2. The van der Waals surface area contributed by atoms with E-state index < -0.39 is 0 Å². The predicted octanol–water partition coefficient (Wildman–Crippen LogP) is 3.55. The number of nitrogen functional groups attached to an aromatic ring is 1. The molecule has 0 bridgehead atoms. The van der Waals surface area contributed by atoms with Crippen molar-refractivity contribution in [1.29, 1.82) is 0 Å². The van der Waals surface area contributed by atoms with Gasteiger partial charge in [-0.05, 0) is 42.3 Å². The maximum absolute atomic E-state index is 12.8. The van der Waals surface area contributed by atoms with Crippen LogP contribution in [0.2, 0.25) is 5.02 Å². The normalized spacial score (nSPS) is 10.3. The van der Waals surface area contributed by atoms with Crippen LogP contribution >= 0.6 is 11.6 Å². The molecular weight excluding hydrogens is 279 g/mol. The summed E-state index contributed by atoms with van der Waals surface area (Å²) in [5.74, 6) is -0.544. The van der Waals surface area contributed by atoms with E-state index >= 15 is 0 Å². The van der Waals surface area contributed by atoms with Gasteiger partial charge < -0.3 is 11.1 Å². The number of anilines is 2. The minimum absolute atomic E-state index is 0.153. The number of carbonyl (C=O) groups excluding carboxylic acids is 1. The standard InChI is InChI=1S/C15H14ClFN2O/c1-9-6-12(18)8-13(16)15(9)19-14(20)7-10-2-4-11(17)5-3-10/h2-6,8H,7,18H2,1H3,(H,19,20). The van der Waals surface area contributed by atoms with Crippen molar-refractivity contribution in [3.05, 3.63) is 58.4 Å². The van der Waals surface area contributed by atoms with Gasteiger partial charge in [-0.25, -0.2) is 4.39 Å². The first-order chi connectivity index (χ1) is 9.45. The zero-order valence-electron chi connectivity index (χ0n) is 10.9. The Hall–Kier alpha value is -2.07. The van der Waals surface area contributed by atoms with Crippen molar-refractivity contribution in [2.75, 3.05) is 11.1 Å². The molecule has 0 spiro atoms. The van der Waals surface area contributed by atoms with Gasteiger partial charge in [-0.3, -0.25) is 4.79 Å². The lowest BCUT2D eigenvalue weighted by atomic mass is 10.1. The highest BCUT2D eigenvalue weighted by Crippen LogP contribution is 2.28. The number of nitrogens with one attached hydrogen (secondary N) is 1. The molecular formula is C15H14ClFN2O. The lowest BCUT2D eigenvalue weighted by molar-refractivity contribution is -0.115. The van der Waals surface area contributed by atoms with E-state index in [0.717, 1.165) is 11.1 Å². The van der Waals surface area contributed by atoms with Crippen LogP contribution in [0.5, 0.6) is 0 Å². The highest BCUT2D eigenvalue weighted by molar-refractivity contribution is 6.34. The molecule has 104 valence electrons. The van der Waals surface area contributed by atoms with E-state index in [1.807, 2.05) is 6.92 Å². The van der Waals surface area contributed by atoms with Gasteiger partial charge in [0.15, 0.2) is 0 Å². The Balaban J connectivity index is 2.10. The smallest absolute Gasteiger partial charge is 0.228 e. The number of hydrogen-bond acceptors (Lipinski definition) is 2. The fraction of sp³-hybridized carbons (Fsp3) is 0.133. The lowest BCUT2D eigenvalue weighted by Crippen LogP contribution is -2.15. The Morgan fingerprint density at radius 2 is 1.95 bits per heavy atom. The fourth-order valence-electron chi connectivity index (χ4n) is 1.90. The van der Waals surface area contributed by atoms with E-state index in [9.17, 15) is 9.18 Å². The molecule has 0 aromatic heterocycles. The monoisotopic (exact) mass is 292 g/mol. The van der Waals surface area contributed by atoms with Gasteiger partial charge in [0.2, 0.25) is 5.91 Å². The average molecular weight is 293 g/mol. The second-order valence-corrected chi connectivity index (χ2v) is 4.95. The summed E-state index contributed by atoms with van der Waals surface area (Å²) >= 11 is 6.06. The molecule has 0 aliphatic rings. The van der Waals surface area contributed by atoms with Crippen molar-refractivity contribution in [2.45, 2.75) is 13.3 Å². The fourth-order valence-corrected chi connectivity index (χ4v) is 2.22. The van der Waals surface area contributed by atoms with Crippen LogP contribution in [0.25, 0.3) is 0 Å². The number of benzene rings is 2. The molecule has 3 N–H and O–H groups in total. The van der Waals surface area contributed by atoms with Gasteiger partial charge in [-0.1, -0.05) is 23.7 Å². The maximum atomic E-state index is 12.8. The first-order valence-corrected chi connectivity index (χ1v) is 6.43. The van der Waals surface area contributed by atoms with Crippen molar-refractivity contribution in [2.24, 2.45) is 0 Å². The van der Waals surface area contributed by atoms with Gasteiger partial charge in [-0.15, -0.1) is 0 Å². The van der Waals surface area contributed by atoms with Crippen LogP contribution in [0.4, 0.5) is 15.8 Å². The molecule has 2 rings (SSSR count). The van der Waals surface area contributed by atoms with Crippen LogP contribution < -0.4 is 11.1 Å². The number of aryl methyl sites for hydroxylation is 1. The summed E-state index contributed by atoms with van der Waals surface area (Å²) in [7, 11) is 0. The van der Waals surface area contributed by atoms with Gasteiger partial charge >= 0.3 is 0 Å². The number of carbonyl (C=O) groups is 1. The summed E-state index contributed by atoms with van der Waals surface area (Å²) in [6.45, 7) is 1.82. The van der Waals surface area contributed by atoms with Gasteiger partial charge in [0.25, 0.3) is 0 Å². The van der Waals surface area contributed by atoms with Gasteiger partial charge in [-0.2, -0.15) is 0 Å². The molecule has 2 aromatic rings. The van der Waals surface area contributed by atoms with Gasteiger partial charge in [0.1, 0.15) is 5.82 Å². The quantitative estimate of drug-likeness (QED) is 0.850. The second-order valence-electron chi connectivity index (χ2n) is 4.55. The van der Waals surface area contributed by atoms with E-state index in [2.05, 4.69) is 5.32 Å². The molecule has 2 aromatic carbocycles. The molecule has 0 saturated carbocycles. The molecule has 0 aliphatic heterocycles. The van der Waals surface area contributed by atoms with Gasteiger partial charge in [0.05, 0.1) is 17.1 Å². The number of halogens is 2. The molecule has 0 atom stereocenters. The lowest BCUT2D eigenvalue weighted by Gasteiger charge is -2.11. The molecule has 0 radical (unpaired) electrons. The maximum Gasteiger partial charge on any atom is 0.228 e. The third-order valence-electron chi connectivity index (χ3n) is 2.85. The summed E-state index contributed by atoms with van der Waals surface area (Å²) in [6.07, 6.45) is 0.153. The zero-order valence-corrected chi connectivity index (χ0v) is 11.7. The van der Waals surface area contributed by atoms with Crippen molar-refractivity contribution in [1.82, 2.24) is 0 Å². The number of nitrogens with two attached hydrogens (primary N) is 1. The average Bonchev–Trinajstić information content (AvgIpc) is 2.36. The second kappa shape index (κ2) is 5.92. The van der Waals surface area contributed by atoms with Crippen LogP contribution in [-0.4, -0.2) is 5.91 Å². The van der Waals surface area contributed by atoms with Crippen LogP contribution in [-0.2, 0) is 11.2 Å². The Labute approximate surface area is 121 Å². The van der Waals surface area contributed by atoms with E-state index in [1.54, 1.807) is 24.3 Å². The Kier molecular flexibility index (Phi) is 4.25. The number of rotatable bonds is 3. The topological polar surface area (TPSA) is 55.1 Å². The van der Waals surface area contributed by atoms with Crippen molar-refractivity contribution in [3.63, 3.8) is 0 Å². The van der Waals surface area contributed by atoms with E-state index in [0.29, 0.717) is 16.4 Å². The van der Waals surface area contributed by atoms with E-state index in [1.165, 1.54) is 12.1 Å². The Bertz CT molecular complexity index is 618. The molecule has 0 heterocycles. The van der Waals surface area contributed by atoms with E-state index in [4.69, 9.17) is 17.3 Å². The molecule has 0 unspecified atom stereocenters. The first kappa shape index (κ1) is 14.3. The highest BCUT2D eigenvalue weighted by Gasteiger charge is 2.10. The van der Waals surface area contributed by atoms with Crippen molar-refractivity contribution >= 4 is 28.9 Å². The molecule has 0 saturated heterocycles. The van der Waals surface area contributed by atoms with E-state index in [-0.39, 0.29) is 18.1 Å². The minimum atomic E-state index is -0.327. The molecule has 3 nitrogen and oxygen atoms in total. The Morgan fingerprint density at radius 3 is 2.55 bits per heavy atom. The SMILES string of the molecule is Cc1cc(N)cc(Cl)c1NC(=O)Cc1ccc(F)cc1. The van der Waals surface area contributed by atoms with Gasteiger partial charge in [0, 0.05) is 5.69 Å². The highest BCUT2D eigenvalue weighted by atomic mass is 35.5. The summed E-state index contributed by atoms with van der Waals surface area (Å²) in [4.78, 5) is 12.0. The summed E-state index contributed by atoms with van der Waals surface area (Å²) < 4.78 is 12.8. The minimum Gasteiger partial charge on any atom is -0.399 e. The summed E-state index contributed by atoms with van der Waals surface area (Å²) in [5.41, 5.74) is 8.28. The van der Waals surface area contributed by atoms with Crippen molar-refractivity contribution < 1.29 is 9.18 Å². The molecule has 1 amide bonds. The van der Waals surface area contributed by atoms with Crippen LogP contribution in [0, 0.1) is 12.7 Å². The van der Waals surface area contributed by atoms with Crippen molar-refractivity contribution in [3.8, 4) is 0 Å². The molecule has 20 heavy (non-hydrogen) atoms.